The maximum absolute atomic E-state index is 13.2. The lowest BCUT2D eigenvalue weighted by atomic mass is 9.97. The van der Waals surface area contributed by atoms with Crippen LogP contribution in [0.1, 0.15) is 5.56 Å². The van der Waals surface area contributed by atoms with Crippen LogP contribution in [-0.4, -0.2) is 17.3 Å². The van der Waals surface area contributed by atoms with Gasteiger partial charge in [0.15, 0.2) is 0 Å². The number of aromatic amines is 1. The molecule has 0 aliphatic heterocycles. The van der Waals surface area contributed by atoms with Gasteiger partial charge in [0.1, 0.15) is 5.75 Å². The van der Waals surface area contributed by atoms with Gasteiger partial charge in [0.05, 0.1) is 24.4 Å². The lowest BCUT2D eigenvalue weighted by Crippen LogP contribution is -2.07. The third kappa shape index (κ3) is 2.33. The number of halogens is 3. The highest BCUT2D eigenvalue weighted by molar-refractivity contribution is 5.88. The third-order valence-corrected chi connectivity index (χ3v) is 3.28. The Morgan fingerprint density at radius 1 is 1.10 bits per heavy atom. The third-order valence-electron chi connectivity index (χ3n) is 3.28. The Balaban J connectivity index is 2.29. The summed E-state index contributed by atoms with van der Waals surface area (Å²) in [6.45, 7) is 0. The van der Waals surface area contributed by atoms with Gasteiger partial charge in [-0.25, -0.2) is 0 Å². The van der Waals surface area contributed by atoms with Crippen LogP contribution in [0.4, 0.5) is 13.2 Å². The summed E-state index contributed by atoms with van der Waals surface area (Å²) >= 11 is 0. The zero-order valence-electron chi connectivity index (χ0n) is 11.0. The van der Waals surface area contributed by atoms with E-state index in [9.17, 15) is 13.2 Å². The maximum Gasteiger partial charge on any atom is 0.417 e. The highest BCUT2D eigenvalue weighted by atomic mass is 19.4. The van der Waals surface area contributed by atoms with E-state index in [0.29, 0.717) is 16.8 Å². The van der Waals surface area contributed by atoms with Crippen molar-refractivity contribution in [2.75, 3.05) is 7.11 Å². The molecule has 0 unspecified atom stereocenters. The van der Waals surface area contributed by atoms with Crippen molar-refractivity contribution in [2.45, 2.75) is 6.18 Å². The van der Waals surface area contributed by atoms with Crippen LogP contribution in [0.25, 0.3) is 22.0 Å². The van der Waals surface area contributed by atoms with Gasteiger partial charge in [0, 0.05) is 17.0 Å². The molecule has 3 rings (SSSR count). The summed E-state index contributed by atoms with van der Waals surface area (Å²) in [4.78, 5) is 0. The molecule has 21 heavy (non-hydrogen) atoms. The first kappa shape index (κ1) is 13.5. The highest BCUT2D eigenvalue weighted by Gasteiger charge is 2.34. The van der Waals surface area contributed by atoms with Crippen LogP contribution < -0.4 is 4.74 Å². The molecule has 0 bridgehead atoms. The molecule has 3 aromatic rings. The molecule has 1 N–H and O–H groups in total. The summed E-state index contributed by atoms with van der Waals surface area (Å²) in [6.07, 6.45) is -2.86. The normalized spacial score (nSPS) is 11.8. The summed E-state index contributed by atoms with van der Waals surface area (Å²) in [5.41, 5.74) is 0.496. The Kier molecular flexibility index (Phi) is 3.08. The largest absolute Gasteiger partial charge is 0.496 e. The molecule has 0 saturated heterocycles. The Hall–Kier alpha value is -2.50. The predicted molar refractivity (Wildman–Crippen MR) is 73.1 cm³/mol. The lowest BCUT2D eigenvalue weighted by molar-refractivity contribution is -0.137. The number of hydrogen-bond donors (Lipinski definition) is 1. The van der Waals surface area contributed by atoms with Crippen molar-refractivity contribution < 1.29 is 17.9 Å². The molecule has 1 heterocycles. The number of benzene rings is 2. The van der Waals surface area contributed by atoms with Crippen LogP contribution in [0.2, 0.25) is 0 Å². The highest BCUT2D eigenvalue weighted by Crippen LogP contribution is 2.41. The average molecular weight is 292 g/mol. The van der Waals surface area contributed by atoms with Gasteiger partial charge in [-0.15, -0.1) is 0 Å². The predicted octanol–water partition coefficient (Wildman–Crippen LogP) is 4.26. The Bertz CT molecular complexity index is 793. The van der Waals surface area contributed by atoms with E-state index in [4.69, 9.17) is 4.74 Å². The van der Waals surface area contributed by atoms with Crippen LogP contribution in [0, 0.1) is 0 Å². The summed E-state index contributed by atoms with van der Waals surface area (Å²) in [5.74, 6) is 0.364. The number of nitrogens with zero attached hydrogens (tertiary/aromatic N) is 1. The molecule has 0 radical (unpaired) electrons. The van der Waals surface area contributed by atoms with Gasteiger partial charge in [-0.3, -0.25) is 5.10 Å². The van der Waals surface area contributed by atoms with Crippen molar-refractivity contribution in [2.24, 2.45) is 0 Å². The molecule has 0 aliphatic carbocycles. The molecular formula is C15H11F3N2O. The summed E-state index contributed by atoms with van der Waals surface area (Å²) in [7, 11) is 1.43. The fourth-order valence-corrected chi connectivity index (χ4v) is 2.32. The molecule has 3 nitrogen and oxygen atoms in total. The molecular weight excluding hydrogens is 281 g/mol. The number of rotatable bonds is 2. The molecule has 0 amide bonds. The molecule has 6 heteroatoms. The minimum absolute atomic E-state index is 0.0879. The first-order valence-electron chi connectivity index (χ1n) is 6.18. The number of nitrogens with one attached hydrogen (secondary N) is 1. The van der Waals surface area contributed by atoms with Crippen LogP contribution >= 0.6 is 0 Å². The maximum atomic E-state index is 13.2. The molecule has 108 valence electrons. The van der Waals surface area contributed by atoms with E-state index in [0.717, 1.165) is 11.5 Å². The second-order valence-electron chi connectivity index (χ2n) is 4.55. The first-order valence-corrected chi connectivity index (χ1v) is 6.18. The Labute approximate surface area is 118 Å². The zero-order valence-corrected chi connectivity index (χ0v) is 11.0. The fraction of sp³-hybridized carbons (Fsp3) is 0.133. The van der Waals surface area contributed by atoms with Crippen molar-refractivity contribution in [3.63, 3.8) is 0 Å². The topological polar surface area (TPSA) is 37.9 Å². The van der Waals surface area contributed by atoms with Crippen molar-refractivity contribution in [3.05, 3.63) is 48.2 Å². The second-order valence-corrected chi connectivity index (χ2v) is 4.55. The molecule has 2 aromatic carbocycles. The van der Waals surface area contributed by atoms with Gasteiger partial charge in [0.2, 0.25) is 0 Å². The van der Waals surface area contributed by atoms with Gasteiger partial charge in [0.25, 0.3) is 0 Å². The number of fused-ring (bicyclic) bond motifs is 1. The van der Waals surface area contributed by atoms with Crippen molar-refractivity contribution in [1.29, 1.82) is 0 Å². The molecule has 0 spiro atoms. The molecule has 0 aliphatic rings. The quantitative estimate of drug-likeness (QED) is 0.766. The van der Waals surface area contributed by atoms with E-state index in [-0.39, 0.29) is 5.56 Å². The number of aromatic nitrogens is 2. The minimum Gasteiger partial charge on any atom is -0.496 e. The minimum atomic E-state index is -4.42. The number of H-pyrrole nitrogens is 1. The van der Waals surface area contributed by atoms with Gasteiger partial charge < -0.3 is 4.74 Å². The number of ether oxygens (including phenoxy) is 1. The Morgan fingerprint density at radius 2 is 1.86 bits per heavy atom. The smallest absolute Gasteiger partial charge is 0.417 e. The molecule has 0 fully saturated rings. The number of hydrogen-bond acceptors (Lipinski definition) is 2. The number of methoxy groups -OCH3 is 1. The molecule has 0 atom stereocenters. The van der Waals surface area contributed by atoms with Crippen LogP contribution in [0.3, 0.4) is 0 Å². The van der Waals surface area contributed by atoms with E-state index >= 15 is 0 Å². The SMILES string of the molecule is COc1cc2[nH]ncc2cc1-c1ccccc1C(F)(F)F. The Morgan fingerprint density at radius 3 is 2.57 bits per heavy atom. The van der Waals surface area contributed by atoms with Gasteiger partial charge >= 0.3 is 6.18 Å². The lowest BCUT2D eigenvalue weighted by Gasteiger charge is -2.15. The van der Waals surface area contributed by atoms with Crippen LogP contribution in [0.5, 0.6) is 5.75 Å². The molecule has 1 aromatic heterocycles. The van der Waals surface area contributed by atoms with Gasteiger partial charge in [-0.1, -0.05) is 18.2 Å². The van der Waals surface area contributed by atoms with Gasteiger partial charge in [-0.05, 0) is 17.7 Å². The summed E-state index contributed by atoms with van der Waals surface area (Å²) in [6, 6.07) is 8.73. The molecule has 0 saturated carbocycles. The van der Waals surface area contributed by atoms with Crippen LogP contribution in [-0.2, 0) is 6.18 Å². The standard InChI is InChI=1S/C15H11F3N2O/c1-21-14-7-13-9(8-19-20-13)6-11(14)10-4-2-3-5-12(10)15(16,17)18/h2-8H,1H3,(H,19,20). The van der Waals surface area contributed by atoms with Crippen molar-refractivity contribution in [1.82, 2.24) is 10.2 Å². The summed E-state index contributed by atoms with van der Waals surface area (Å²) in [5, 5.41) is 7.37. The van der Waals surface area contributed by atoms with E-state index in [1.807, 2.05) is 0 Å². The average Bonchev–Trinajstić information content (AvgIpc) is 2.92. The van der Waals surface area contributed by atoms with E-state index in [1.165, 1.54) is 19.2 Å². The van der Waals surface area contributed by atoms with E-state index in [1.54, 1.807) is 24.4 Å². The second kappa shape index (κ2) is 4.80. The van der Waals surface area contributed by atoms with Crippen LogP contribution in [0.15, 0.2) is 42.6 Å². The first-order chi connectivity index (χ1) is 10.0. The zero-order chi connectivity index (χ0) is 15.0. The monoisotopic (exact) mass is 292 g/mol. The summed E-state index contributed by atoms with van der Waals surface area (Å²) < 4.78 is 44.7. The van der Waals surface area contributed by atoms with Crippen molar-refractivity contribution in [3.8, 4) is 16.9 Å². The van der Waals surface area contributed by atoms with Crippen molar-refractivity contribution >= 4 is 10.9 Å². The number of alkyl halides is 3. The van der Waals surface area contributed by atoms with Gasteiger partial charge in [-0.2, -0.15) is 18.3 Å². The van der Waals surface area contributed by atoms with E-state index < -0.39 is 11.7 Å². The van der Waals surface area contributed by atoms with E-state index in [2.05, 4.69) is 10.2 Å². The fourth-order valence-electron chi connectivity index (χ4n) is 2.32.